The predicted octanol–water partition coefficient (Wildman–Crippen LogP) is 3.80. The topological polar surface area (TPSA) is 91.7 Å². The Bertz CT molecular complexity index is 1220. The van der Waals surface area contributed by atoms with E-state index in [1.807, 2.05) is 47.7 Å². The van der Waals surface area contributed by atoms with E-state index in [1.54, 1.807) is 12.1 Å². The number of carbonyl (C=O) groups excluding carboxylic acids is 1. The molecule has 31 heavy (non-hydrogen) atoms. The van der Waals surface area contributed by atoms with Crippen LogP contribution in [0.25, 0.3) is 10.6 Å². The Morgan fingerprint density at radius 1 is 1.19 bits per heavy atom. The van der Waals surface area contributed by atoms with Crippen LogP contribution < -0.4 is 5.32 Å². The van der Waals surface area contributed by atoms with E-state index in [1.165, 1.54) is 23.5 Å². The summed E-state index contributed by atoms with van der Waals surface area (Å²) in [4.78, 5) is 18.9. The van der Waals surface area contributed by atoms with Gasteiger partial charge in [0.25, 0.3) is 10.0 Å². The van der Waals surface area contributed by atoms with Crippen LogP contribution in [0.1, 0.15) is 18.5 Å². The highest BCUT2D eigenvalue weighted by molar-refractivity contribution is 7.90. The van der Waals surface area contributed by atoms with Crippen LogP contribution in [0.3, 0.4) is 0 Å². The van der Waals surface area contributed by atoms with Crippen molar-refractivity contribution in [1.29, 1.82) is 0 Å². The van der Waals surface area contributed by atoms with Crippen molar-refractivity contribution in [3.63, 3.8) is 0 Å². The Morgan fingerprint density at radius 2 is 2.00 bits per heavy atom. The number of benzene rings is 2. The van der Waals surface area contributed by atoms with Crippen molar-refractivity contribution in [3.8, 4) is 10.6 Å². The zero-order chi connectivity index (χ0) is 21.8. The molecule has 7 nitrogen and oxygen atoms in total. The number of thiazole rings is 1. The summed E-state index contributed by atoms with van der Waals surface area (Å²) < 4.78 is 29.3. The number of hydrogen-bond acceptors (Lipinski definition) is 5. The molecule has 1 saturated heterocycles. The summed E-state index contributed by atoms with van der Waals surface area (Å²) in [5.74, 6) is 0.300. The summed E-state index contributed by atoms with van der Waals surface area (Å²) in [5.41, 5.74) is 2.08. The minimum Gasteiger partial charge on any atom is -0.362 e. The molecule has 0 spiro atoms. The highest BCUT2D eigenvalue weighted by Gasteiger charge is 2.20. The molecule has 160 valence electrons. The van der Waals surface area contributed by atoms with Gasteiger partial charge in [-0.25, -0.2) is 4.98 Å². The maximum absolute atomic E-state index is 12.7. The molecule has 0 aliphatic carbocycles. The number of nitrogens with one attached hydrogen (secondary N) is 1. The molecule has 1 aromatic heterocycles. The lowest BCUT2D eigenvalue weighted by Crippen LogP contribution is -2.20. The van der Waals surface area contributed by atoms with Crippen molar-refractivity contribution in [2.75, 3.05) is 18.9 Å². The molecule has 1 fully saturated rings. The summed E-state index contributed by atoms with van der Waals surface area (Å²) in [5, 5.41) is 5.47. The van der Waals surface area contributed by atoms with Crippen LogP contribution in [0.5, 0.6) is 0 Å². The first kappa shape index (κ1) is 21.2. The molecule has 0 bridgehead atoms. The second kappa shape index (κ2) is 8.99. The van der Waals surface area contributed by atoms with Crippen molar-refractivity contribution >= 4 is 38.8 Å². The van der Waals surface area contributed by atoms with Gasteiger partial charge >= 0.3 is 0 Å². The van der Waals surface area contributed by atoms with Crippen LogP contribution >= 0.6 is 11.3 Å². The van der Waals surface area contributed by atoms with E-state index in [-0.39, 0.29) is 17.2 Å². The molecule has 9 heteroatoms. The van der Waals surface area contributed by atoms with Crippen LogP contribution in [0.15, 0.2) is 69.3 Å². The van der Waals surface area contributed by atoms with Crippen molar-refractivity contribution < 1.29 is 13.2 Å². The molecule has 3 aromatic rings. The average Bonchev–Trinajstić information content (AvgIpc) is 3.38. The zero-order valence-electron chi connectivity index (χ0n) is 17.0. The summed E-state index contributed by atoms with van der Waals surface area (Å²) in [6.07, 6.45) is 1.64. The monoisotopic (exact) mass is 454 g/mol. The van der Waals surface area contributed by atoms with E-state index >= 15 is 0 Å². The van der Waals surface area contributed by atoms with Gasteiger partial charge in [0, 0.05) is 36.6 Å². The third kappa shape index (κ3) is 5.18. The summed E-state index contributed by atoms with van der Waals surface area (Å²) in [6.45, 7) is 0.799. The second-order valence-electron chi connectivity index (χ2n) is 7.27. The molecule has 2 heterocycles. The van der Waals surface area contributed by atoms with Crippen LogP contribution in [-0.2, 0) is 21.2 Å². The van der Waals surface area contributed by atoms with Crippen molar-refractivity contribution in [1.82, 2.24) is 9.88 Å². The SMILES string of the molecule is CN1CCCC1=NS(=O)(=O)c1cccc(NC(=O)Cc2csc(-c3ccccc3)n2)c1. The fourth-order valence-electron chi connectivity index (χ4n) is 3.31. The number of sulfonamides is 1. The van der Waals surface area contributed by atoms with E-state index < -0.39 is 10.0 Å². The van der Waals surface area contributed by atoms with Crippen LogP contribution in [0.2, 0.25) is 0 Å². The fraction of sp³-hybridized carbons (Fsp3) is 0.227. The minimum atomic E-state index is -3.84. The number of nitrogens with zero attached hydrogens (tertiary/aromatic N) is 3. The number of anilines is 1. The number of amides is 1. The number of likely N-dealkylation sites (tertiary alicyclic amines) is 1. The van der Waals surface area contributed by atoms with Crippen molar-refractivity contribution in [3.05, 3.63) is 65.7 Å². The van der Waals surface area contributed by atoms with Crippen LogP contribution in [0, 0.1) is 0 Å². The average molecular weight is 455 g/mol. The highest BCUT2D eigenvalue weighted by Crippen LogP contribution is 2.24. The van der Waals surface area contributed by atoms with Gasteiger partial charge in [-0.05, 0) is 24.6 Å². The largest absolute Gasteiger partial charge is 0.362 e. The van der Waals surface area contributed by atoms with E-state index in [4.69, 9.17) is 0 Å². The molecule has 2 aromatic carbocycles. The van der Waals surface area contributed by atoms with E-state index in [0.29, 0.717) is 23.6 Å². The van der Waals surface area contributed by atoms with Crippen LogP contribution in [0.4, 0.5) is 5.69 Å². The Kier molecular flexibility index (Phi) is 6.15. The Labute approximate surface area is 185 Å². The minimum absolute atomic E-state index is 0.0538. The first-order valence-corrected chi connectivity index (χ1v) is 12.2. The van der Waals surface area contributed by atoms with Gasteiger partial charge in [-0.1, -0.05) is 36.4 Å². The van der Waals surface area contributed by atoms with Gasteiger partial charge in [-0.15, -0.1) is 15.7 Å². The van der Waals surface area contributed by atoms with Crippen molar-refractivity contribution in [2.45, 2.75) is 24.2 Å². The number of amidine groups is 1. The molecule has 0 unspecified atom stereocenters. The summed E-state index contributed by atoms with van der Waals surface area (Å²) in [7, 11) is -2.00. The lowest BCUT2D eigenvalue weighted by Gasteiger charge is -2.11. The Balaban J connectivity index is 1.44. The van der Waals surface area contributed by atoms with E-state index in [2.05, 4.69) is 14.7 Å². The summed E-state index contributed by atoms with van der Waals surface area (Å²) >= 11 is 1.48. The summed E-state index contributed by atoms with van der Waals surface area (Å²) in [6, 6.07) is 15.9. The van der Waals surface area contributed by atoms with Gasteiger partial charge in [0.15, 0.2) is 0 Å². The second-order valence-corrected chi connectivity index (χ2v) is 9.73. The maximum Gasteiger partial charge on any atom is 0.284 e. The molecular weight excluding hydrogens is 432 g/mol. The molecule has 0 atom stereocenters. The molecule has 1 amide bonds. The highest BCUT2D eigenvalue weighted by atomic mass is 32.2. The molecule has 1 aliphatic heterocycles. The van der Waals surface area contributed by atoms with E-state index in [0.717, 1.165) is 23.5 Å². The third-order valence-corrected chi connectivity index (χ3v) is 7.13. The standard InChI is InChI=1S/C22H22N4O3S2/c1-26-12-6-11-20(26)25-31(28,29)19-10-5-9-17(13-19)23-21(27)14-18-15-30-22(24-18)16-7-3-2-4-8-16/h2-5,7-10,13,15H,6,11-12,14H2,1H3,(H,23,27). The van der Waals surface area contributed by atoms with Crippen molar-refractivity contribution in [2.24, 2.45) is 4.40 Å². The lowest BCUT2D eigenvalue weighted by molar-refractivity contribution is -0.115. The Morgan fingerprint density at radius 3 is 2.74 bits per heavy atom. The molecule has 0 saturated carbocycles. The number of carbonyl (C=O) groups is 1. The Hall–Kier alpha value is -3.04. The number of aromatic nitrogens is 1. The smallest absolute Gasteiger partial charge is 0.284 e. The van der Waals surface area contributed by atoms with Gasteiger partial charge in [-0.3, -0.25) is 4.79 Å². The normalized spacial score (nSPS) is 15.4. The van der Waals surface area contributed by atoms with E-state index in [9.17, 15) is 13.2 Å². The van der Waals surface area contributed by atoms with Crippen LogP contribution in [-0.4, -0.2) is 43.6 Å². The van der Waals surface area contributed by atoms with Gasteiger partial charge in [-0.2, -0.15) is 8.42 Å². The molecule has 4 rings (SSSR count). The van der Waals surface area contributed by atoms with Gasteiger partial charge in [0.05, 0.1) is 17.0 Å². The molecular formula is C22H22N4O3S2. The van der Waals surface area contributed by atoms with Gasteiger partial charge in [0.1, 0.15) is 10.8 Å². The van der Waals surface area contributed by atoms with Gasteiger partial charge in [0.2, 0.25) is 5.91 Å². The zero-order valence-corrected chi connectivity index (χ0v) is 18.6. The molecule has 0 radical (unpaired) electrons. The lowest BCUT2D eigenvalue weighted by atomic mass is 10.2. The molecule has 1 aliphatic rings. The predicted molar refractivity (Wildman–Crippen MR) is 123 cm³/mol. The number of rotatable bonds is 6. The first-order chi connectivity index (χ1) is 14.9. The molecule has 1 N–H and O–H groups in total. The first-order valence-electron chi connectivity index (χ1n) is 9.85. The number of hydrogen-bond donors (Lipinski definition) is 1. The quantitative estimate of drug-likeness (QED) is 0.612. The van der Waals surface area contributed by atoms with Gasteiger partial charge < -0.3 is 10.2 Å². The maximum atomic E-state index is 12.7. The third-order valence-electron chi connectivity index (χ3n) is 4.89. The fourth-order valence-corrected chi connectivity index (χ4v) is 5.27.